The normalized spacial score (nSPS) is 18.9. The van der Waals surface area contributed by atoms with Crippen molar-refractivity contribution in [1.82, 2.24) is 8.10 Å². The number of thiazole rings is 1. The summed E-state index contributed by atoms with van der Waals surface area (Å²) in [6, 6.07) is 8.41. The SMILES string of the molecule is IN1CCC(Sc2nc3ccccc3s2)CC1. The Hall–Kier alpha value is 0.150. The molecule has 0 radical (unpaired) electrons. The molecule has 0 atom stereocenters. The maximum atomic E-state index is 4.69. The van der Waals surface area contributed by atoms with Crippen molar-refractivity contribution < 1.29 is 0 Å². The monoisotopic (exact) mass is 376 g/mol. The number of thioether (sulfide) groups is 1. The summed E-state index contributed by atoms with van der Waals surface area (Å²) in [6.45, 7) is 2.42. The van der Waals surface area contributed by atoms with E-state index in [2.05, 4.69) is 50.2 Å². The zero-order valence-electron chi connectivity index (χ0n) is 9.30. The Labute approximate surface area is 123 Å². The number of para-hydroxylation sites is 1. The van der Waals surface area contributed by atoms with Crippen LogP contribution in [0.2, 0.25) is 0 Å². The van der Waals surface area contributed by atoms with E-state index in [0.717, 1.165) is 10.8 Å². The van der Waals surface area contributed by atoms with Gasteiger partial charge in [0, 0.05) is 41.2 Å². The Morgan fingerprint density at radius 1 is 1.29 bits per heavy atom. The van der Waals surface area contributed by atoms with E-state index < -0.39 is 0 Å². The van der Waals surface area contributed by atoms with Crippen molar-refractivity contribution in [2.45, 2.75) is 22.4 Å². The minimum absolute atomic E-state index is 0.751. The number of piperidine rings is 1. The number of benzene rings is 1. The van der Waals surface area contributed by atoms with Crippen molar-refractivity contribution in [3.05, 3.63) is 24.3 Å². The molecule has 90 valence electrons. The molecule has 2 nitrogen and oxygen atoms in total. The smallest absolute Gasteiger partial charge is 0.151 e. The quantitative estimate of drug-likeness (QED) is 0.577. The molecule has 1 fully saturated rings. The van der Waals surface area contributed by atoms with Crippen LogP contribution in [-0.4, -0.2) is 26.4 Å². The molecule has 1 aliphatic rings. The third kappa shape index (κ3) is 2.94. The van der Waals surface area contributed by atoms with Crippen LogP contribution in [0.1, 0.15) is 12.8 Å². The average molecular weight is 376 g/mol. The van der Waals surface area contributed by atoms with E-state index in [9.17, 15) is 0 Å². The van der Waals surface area contributed by atoms with E-state index in [1.165, 1.54) is 35.0 Å². The van der Waals surface area contributed by atoms with E-state index in [4.69, 9.17) is 4.98 Å². The molecule has 1 aromatic heterocycles. The number of hydrogen-bond acceptors (Lipinski definition) is 4. The van der Waals surface area contributed by atoms with Gasteiger partial charge in [-0.15, -0.1) is 11.3 Å². The maximum absolute atomic E-state index is 4.69. The Morgan fingerprint density at radius 3 is 2.82 bits per heavy atom. The highest BCUT2D eigenvalue weighted by molar-refractivity contribution is 14.1. The summed E-state index contributed by atoms with van der Waals surface area (Å²) in [7, 11) is 0. The van der Waals surface area contributed by atoms with Gasteiger partial charge < -0.3 is 0 Å². The summed E-state index contributed by atoms with van der Waals surface area (Å²) >= 11 is 6.22. The summed E-state index contributed by atoms with van der Waals surface area (Å²) in [5, 5.41) is 0.751. The average Bonchev–Trinajstić information content (AvgIpc) is 2.74. The first kappa shape index (κ1) is 12.2. The van der Waals surface area contributed by atoms with Crippen LogP contribution < -0.4 is 0 Å². The molecule has 2 heterocycles. The maximum Gasteiger partial charge on any atom is 0.151 e. The van der Waals surface area contributed by atoms with Crippen molar-refractivity contribution in [1.29, 1.82) is 0 Å². The molecule has 0 amide bonds. The highest BCUT2D eigenvalue weighted by Crippen LogP contribution is 2.35. The molecule has 0 spiro atoms. The van der Waals surface area contributed by atoms with Crippen LogP contribution in [0.4, 0.5) is 0 Å². The molecule has 3 rings (SSSR count). The lowest BCUT2D eigenvalue weighted by Gasteiger charge is -2.26. The predicted octanol–water partition coefficient (Wildman–Crippen LogP) is 4.20. The summed E-state index contributed by atoms with van der Waals surface area (Å²) in [6.07, 6.45) is 2.56. The van der Waals surface area contributed by atoms with Crippen LogP contribution in [0.5, 0.6) is 0 Å². The summed E-state index contributed by atoms with van der Waals surface area (Å²) < 4.78 is 4.92. The first-order chi connectivity index (χ1) is 8.31. The fourth-order valence-electron chi connectivity index (χ4n) is 1.99. The van der Waals surface area contributed by atoms with Crippen molar-refractivity contribution in [2.75, 3.05) is 13.1 Å². The first-order valence-corrected chi connectivity index (χ1v) is 8.40. The minimum atomic E-state index is 0.751. The van der Waals surface area contributed by atoms with Crippen LogP contribution in [0.15, 0.2) is 28.6 Å². The third-order valence-corrected chi connectivity index (χ3v) is 6.36. The molecule has 0 aliphatic carbocycles. The summed E-state index contributed by atoms with van der Waals surface area (Å²) in [5.74, 6) is 0. The Morgan fingerprint density at radius 2 is 2.06 bits per heavy atom. The second-order valence-electron chi connectivity index (χ2n) is 4.17. The van der Waals surface area contributed by atoms with Gasteiger partial charge >= 0.3 is 0 Å². The highest BCUT2D eigenvalue weighted by Gasteiger charge is 2.19. The highest BCUT2D eigenvalue weighted by atomic mass is 127. The van der Waals surface area contributed by atoms with E-state index in [1.807, 2.05) is 23.1 Å². The Bertz CT molecular complexity index is 473. The van der Waals surface area contributed by atoms with E-state index in [-0.39, 0.29) is 0 Å². The van der Waals surface area contributed by atoms with Gasteiger partial charge in [-0.3, -0.25) is 0 Å². The Kier molecular flexibility index (Phi) is 3.89. The van der Waals surface area contributed by atoms with Gasteiger partial charge in [0.05, 0.1) is 10.2 Å². The third-order valence-electron chi connectivity index (χ3n) is 2.93. The molecule has 0 saturated carbocycles. The number of nitrogens with zero attached hydrogens (tertiary/aromatic N) is 2. The molecule has 0 unspecified atom stereocenters. The molecule has 0 N–H and O–H groups in total. The molecular formula is C12H13IN2S2. The molecular weight excluding hydrogens is 363 g/mol. The number of rotatable bonds is 2. The van der Waals surface area contributed by atoms with Gasteiger partial charge in [-0.25, -0.2) is 8.10 Å². The number of halogens is 1. The van der Waals surface area contributed by atoms with Crippen molar-refractivity contribution in [2.24, 2.45) is 0 Å². The lowest BCUT2D eigenvalue weighted by atomic mass is 10.2. The van der Waals surface area contributed by atoms with Crippen LogP contribution in [0, 0.1) is 0 Å². The van der Waals surface area contributed by atoms with Crippen molar-refractivity contribution >= 4 is 56.2 Å². The van der Waals surface area contributed by atoms with Crippen LogP contribution in [-0.2, 0) is 0 Å². The predicted molar refractivity (Wildman–Crippen MR) is 84.1 cm³/mol. The lowest BCUT2D eigenvalue weighted by molar-refractivity contribution is 0.415. The van der Waals surface area contributed by atoms with Gasteiger partial charge in [-0.05, 0) is 25.0 Å². The zero-order valence-corrected chi connectivity index (χ0v) is 13.1. The van der Waals surface area contributed by atoms with Gasteiger partial charge in [0.25, 0.3) is 0 Å². The van der Waals surface area contributed by atoms with Crippen LogP contribution in [0.3, 0.4) is 0 Å². The number of aromatic nitrogens is 1. The van der Waals surface area contributed by atoms with Gasteiger partial charge in [0.2, 0.25) is 0 Å². The zero-order chi connectivity index (χ0) is 11.7. The van der Waals surface area contributed by atoms with Gasteiger partial charge in [0.1, 0.15) is 0 Å². The fraction of sp³-hybridized carbons (Fsp3) is 0.417. The topological polar surface area (TPSA) is 16.1 Å². The van der Waals surface area contributed by atoms with Gasteiger partial charge in [-0.1, -0.05) is 23.9 Å². The van der Waals surface area contributed by atoms with Crippen molar-refractivity contribution in [3.8, 4) is 0 Å². The number of fused-ring (bicyclic) bond motifs is 1. The second-order valence-corrected chi connectivity index (χ2v) is 8.12. The molecule has 1 aromatic carbocycles. The fourth-order valence-corrected chi connectivity index (χ4v) is 4.99. The minimum Gasteiger partial charge on any atom is -0.247 e. The lowest BCUT2D eigenvalue weighted by Crippen LogP contribution is -2.27. The van der Waals surface area contributed by atoms with E-state index in [0.29, 0.717) is 0 Å². The van der Waals surface area contributed by atoms with Gasteiger partial charge in [-0.2, -0.15) is 0 Å². The van der Waals surface area contributed by atoms with Crippen molar-refractivity contribution in [3.63, 3.8) is 0 Å². The molecule has 17 heavy (non-hydrogen) atoms. The molecule has 5 heteroatoms. The molecule has 0 bridgehead atoms. The summed E-state index contributed by atoms with van der Waals surface area (Å²) in [4.78, 5) is 4.69. The molecule has 1 saturated heterocycles. The molecule has 1 aliphatic heterocycles. The van der Waals surface area contributed by atoms with E-state index >= 15 is 0 Å². The van der Waals surface area contributed by atoms with E-state index in [1.54, 1.807) is 0 Å². The Balaban J connectivity index is 1.72. The van der Waals surface area contributed by atoms with Gasteiger partial charge in [0.15, 0.2) is 4.34 Å². The van der Waals surface area contributed by atoms with Crippen LogP contribution >= 0.6 is 46.0 Å². The standard InChI is InChI=1S/C12H13IN2S2/c13-15-7-5-9(6-8-15)16-12-14-10-3-1-2-4-11(10)17-12/h1-4,9H,5-8H2. The molecule has 2 aromatic rings. The first-order valence-electron chi connectivity index (χ1n) is 5.74. The largest absolute Gasteiger partial charge is 0.247 e. The second kappa shape index (κ2) is 5.42. The van der Waals surface area contributed by atoms with Crippen LogP contribution in [0.25, 0.3) is 10.2 Å². The number of hydrogen-bond donors (Lipinski definition) is 0. The summed E-state index contributed by atoms with van der Waals surface area (Å²) in [5.41, 5.74) is 1.14.